The van der Waals surface area contributed by atoms with Crippen molar-refractivity contribution in [2.24, 2.45) is 0 Å². The van der Waals surface area contributed by atoms with E-state index in [1.165, 1.54) is 0 Å². The van der Waals surface area contributed by atoms with Crippen molar-refractivity contribution in [3.63, 3.8) is 0 Å². The molecule has 1 rings (SSSR count). The molecule has 1 aromatic rings. The van der Waals surface area contributed by atoms with Gasteiger partial charge in [0, 0.05) is 10.5 Å². The van der Waals surface area contributed by atoms with E-state index in [2.05, 4.69) is 20.7 Å². The third-order valence-electron chi connectivity index (χ3n) is 2.49. The van der Waals surface area contributed by atoms with E-state index in [1.807, 2.05) is 25.9 Å². The second kappa shape index (κ2) is 6.65. The van der Waals surface area contributed by atoms with Gasteiger partial charge in [0.1, 0.15) is 0 Å². The quantitative estimate of drug-likeness (QED) is 0.866. The second-order valence-electron chi connectivity index (χ2n) is 4.54. The molecule has 0 radical (unpaired) electrons. The summed E-state index contributed by atoms with van der Waals surface area (Å²) in [5.74, 6) is 0. The molecule has 0 bridgehead atoms. The summed E-state index contributed by atoms with van der Waals surface area (Å²) in [4.78, 5) is 2.31. The number of nitrogens with one attached hydrogen (secondary N) is 1. The SMILES string of the molecule is C[C@H](CCN(C)C)NS(=O)(=O)c1ccccc1Br. The zero-order chi connectivity index (χ0) is 13.8. The Labute approximate surface area is 118 Å². The molecule has 0 fully saturated rings. The van der Waals surface area contributed by atoms with Gasteiger partial charge in [0.2, 0.25) is 10.0 Å². The van der Waals surface area contributed by atoms with Crippen molar-refractivity contribution in [2.75, 3.05) is 20.6 Å². The minimum Gasteiger partial charge on any atom is -0.309 e. The summed E-state index contributed by atoms with van der Waals surface area (Å²) in [7, 11) is 0.481. The van der Waals surface area contributed by atoms with E-state index in [9.17, 15) is 8.42 Å². The second-order valence-corrected chi connectivity index (χ2v) is 7.08. The smallest absolute Gasteiger partial charge is 0.241 e. The molecule has 0 amide bonds. The summed E-state index contributed by atoms with van der Waals surface area (Å²) < 4.78 is 27.6. The van der Waals surface area contributed by atoms with Crippen LogP contribution < -0.4 is 4.72 Å². The first-order valence-electron chi connectivity index (χ1n) is 5.74. The normalized spacial score (nSPS) is 13.8. The molecule has 1 N–H and O–H groups in total. The van der Waals surface area contributed by atoms with Gasteiger partial charge in [-0.05, 0) is 62.0 Å². The van der Waals surface area contributed by atoms with Crippen LogP contribution in [0, 0.1) is 0 Å². The molecule has 0 spiro atoms. The highest BCUT2D eigenvalue weighted by atomic mass is 79.9. The Kier molecular flexibility index (Phi) is 5.78. The van der Waals surface area contributed by atoms with Gasteiger partial charge in [0.05, 0.1) is 4.90 Å². The maximum Gasteiger partial charge on any atom is 0.241 e. The van der Waals surface area contributed by atoms with Gasteiger partial charge in [-0.2, -0.15) is 0 Å². The van der Waals surface area contributed by atoms with Gasteiger partial charge in [-0.3, -0.25) is 0 Å². The number of hydrogen-bond acceptors (Lipinski definition) is 3. The van der Waals surface area contributed by atoms with Gasteiger partial charge in [-0.1, -0.05) is 12.1 Å². The van der Waals surface area contributed by atoms with Crippen molar-refractivity contribution in [3.8, 4) is 0 Å². The summed E-state index contributed by atoms with van der Waals surface area (Å²) in [5.41, 5.74) is 0. The maximum atomic E-state index is 12.2. The average molecular weight is 335 g/mol. The van der Waals surface area contributed by atoms with Crippen LogP contribution in [0.5, 0.6) is 0 Å². The van der Waals surface area contributed by atoms with Crippen LogP contribution in [0.1, 0.15) is 13.3 Å². The third kappa shape index (κ3) is 4.68. The number of halogens is 1. The summed E-state index contributed by atoms with van der Waals surface area (Å²) in [5, 5.41) is 0. The van der Waals surface area contributed by atoms with E-state index in [-0.39, 0.29) is 10.9 Å². The number of rotatable bonds is 6. The standard InChI is InChI=1S/C12H19BrN2O2S/c1-10(8-9-15(2)3)14-18(16,17)12-7-5-4-6-11(12)13/h4-7,10,14H,8-9H2,1-3H3/t10-/m1/s1. The highest BCUT2D eigenvalue weighted by Gasteiger charge is 2.19. The van der Waals surface area contributed by atoms with E-state index >= 15 is 0 Å². The summed E-state index contributed by atoms with van der Waals surface area (Å²) in [6, 6.07) is 6.72. The van der Waals surface area contributed by atoms with Crippen molar-refractivity contribution >= 4 is 26.0 Å². The first kappa shape index (κ1) is 15.6. The molecule has 1 atom stereocenters. The van der Waals surface area contributed by atoms with Crippen LogP contribution in [0.3, 0.4) is 0 Å². The molecular formula is C12H19BrN2O2S. The Bertz CT molecular complexity index is 489. The molecule has 0 heterocycles. The highest BCUT2D eigenvalue weighted by molar-refractivity contribution is 9.10. The fraction of sp³-hybridized carbons (Fsp3) is 0.500. The lowest BCUT2D eigenvalue weighted by Gasteiger charge is -2.17. The fourth-order valence-electron chi connectivity index (χ4n) is 1.50. The fourth-order valence-corrected chi connectivity index (χ4v) is 3.78. The Hall–Kier alpha value is -0.430. The van der Waals surface area contributed by atoms with Crippen LogP contribution in [-0.2, 0) is 10.0 Å². The molecule has 18 heavy (non-hydrogen) atoms. The van der Waals surface area contributed by atoms with E-state index in [4.69, 9.17) is 0 Å². The largest absolute Gasteiger partial charge is 0.309 e. The van der Waals surface area contributed by atoms with Crippen LogP contribution in [0.2, 0.25) is 0 Å². The summed E-state index contributed by atoms with van der Waals surface area (Å²) >= 11 is 3.26. The molecule has 0 aliphatic rings. The Morgan fingerprint density at radius 3 is 2.50 bits per heavy atom. The minimum absolute atomic E-state index is 0.0930. The third-order valence-corrected chi connectivity index (χ3v) is 5.09. The van der Waals surface area contributed by atoms with E-state index in [1.54, 1.807) is 24.3 Å². The zero-order valence-corrected chi connectivity index (χ0v) is 13.3. The van der Waals surface area contributed by atoms with Crippen LogP contribution in [0.25, 0.3) is 0 Å². The molecule has 102 valence electrons. The predicted molar refractivity (Wildman–Crippen MR) is 77.1 cm³/mol. The van der Waals surface area contributed by atoms with Gasteiger partial charge >= 0.3 is 0 Å². The molecule has 4 nitrogen and oxygen atoms in total. The van der Waals surface area contributed by atoms with Crippen LogP contribution in [0.4, 0.5) is 0 Å². The zero-order valence-electron chi connectivity index (χ0n) is 10.9. The van der Waals surface area contributed by atoms with E-state index in [0.717, 1.165) is 13.0 Å². The number of nitrogens with zero attached hydrogens (tertiary/aromatic N) is 1. The molecule has 0 saturated carbocycles. The number of sulfonamides is 1. The van der Waals surface area contributed by atoms with Crippen LogP contribution >= 0.6 is 15.9 Å². The molecule has 0 unspecified atom stereocenters. The molecule has 1 aromatic carbocycles. The lowest BCUT2D eigenvalue weighted by molar-refractivity contribution is 0.379. The minimum atomic E-state index is -3.45. The molecule has 0 aliphatic heterocycles. The molecule has 0 aliphatic carbocycles. The highest BCUT2D eigenvalue weighted by Crippen LogP contribution is 2.21. The summed E-state index contributed by atoms with van der Waals surface area (Å²) in [6.07, 6.45) is 0.774. The molecule has 6 heteroatoms. The predicted octanol–water partition coefficient (Wildman–Crippen LogP) is 2.07. The molecule has 0 saturated heterocycles. The van der Waals surface area contributed by atoms with E-state index < -0.39 is 10.0 Å². The van der Waals surface area contributed by atoms with Gasteiger partial charge < -0.3 is 4.90 Å². The topological polar surface area (TPSA) is 49.4 Å². The van der Waals surface area contributed by atoms with Gasteiger partial charge in [0.25, 0.3) is 0 Å². The van der Waals surface area contributed by atoms with Crippen LogP contribution in [0.15, 0.2) is 33.6 Å². The lowest BCUT2D eigenvalue weighted by Crippen LogP contribution is -2.34. The van der Waals surface area contributed by atoms with E-state index in [0.29, 0.717) is 4.47 Å². The van der Waals surface area contributed by atoms with Crippen molar-refractivity contribution < 1.29 is 8.42 Å². The Balaban J connectivity index is 2.74. The average Bonchev–Trinajstić information content (AvgIpc) is 2.26. The van der Waals surface area contributed by atoms with Gasteiger partial charge in [0.15, 0.2) is 0 Å². The first-order valence-corrected chi connectivity index (χ1v) is 8.02. The van der Waals surface area contributed by atoms with Gasteiger partial charge in [-0.15, -0.1) is 0 Å². The Morgan fingerprint density at radius 2 is 1.94 bits per heavy atom. The molecule has 0 aromatic heterocycles. The van der Waals surface area contributed by atoms with Crippen molar-refractivity contribution in [1.29, 1.82) is 0 Å². The van der Waals surface area contributed by atoms with Gasteiger partial charge in [-0.25, -0.2) is 13.1 Å². The number of benzene rings is 1. The lowest BCUT2D eigenvalue weighted by atomic mass is 10.2. The molecular weight excluding hydrogens is 316 g/mol. The maximum absolute atomic E-state index is 12.2. The van der Waals surface area contributed by atoms with Crippen molar-refractivity contribution in [1.82, 2.24) is 9.62 Å². The number of hydrogen-bond donors (Lipinski definition) is 1. The van der Waals surface area contributed by atoms with Crippen molar-refractivity contribution in [2.45, 2.75) is 24.3 Å². The van der Waals surface area contributed by atoms with Crippen molar-refractivity contribution in [3.05, 3.63) is 28.7 Å². The first-order chi connectivity index (χ1) is 8.33. The van der Waals surface area contributed by atoms with Crippen LogP contribution in [-0.4, -0.2) is 40.0 Å². The monoisotopic (exact) mass is 334 g/mol. The Morgan fingerprint density at radius 1 is 1.33 bits per heavy atom. The summed E-state index contributed by atoms with van der Waals surface area (Å²) in [6.45, 7) is 2.72.